The summed E-state index contributed by atoms with van der Waals surface area (Å²) >= 11 is 0. The Balaban J connectivity index is 1.01. The predicted molar refractivity (Wildman–Crippen MR) is 235 cm³/mol. The van der Waals surface area contributed by atoms with E-state index in [4.69, 9.17) is 24.1 Å². The van der Waals surface area contributed by atoms with E-state index in [1.54, 1.807) is 0 Å². The molecular formula is C53H33N3O2. The highest BCUT2D eigenvalue weighted by Crippen LogP contribution is 2.50. The number of hydrogen-bond donors (Lipinski definition) is 0. The number of hydrogen-bond acceptors (Lipinski definition) is 5. The van der Waals surface area contributed by atoms with Crippen LogP contribution >= 0.6 is 0 Å². The monoisotopic (exact) mass is 743 g/mol. The molecule has 2 unspecified atom stereocenters. The van der Waals surface area contributed by atoms with Gasteiger partial charge in [-0.15, -0.1) is 0 Å². The van der Waals surface area contributed by atoms with E-state index in [2.05, 4.69) is 152 Å². The van der Waals surface area contributed by atoms with Gasteiger partial charge in [-0.25, -0.2) is 15.0 Å². The maximum absolute atomic E-state index is 6.65. The molecule has 1 aliphatic carbocycles. The van der Waals surface area contributed by atoms with Crippen molar-refractivity contribution in [2.24, 2.45) is 0 Å². The quantitative estimate of drug-likeness (QED) is 0.176. The summed E-state index contributed by atoms with van der Waals surface area (Å²) in [7, 11) is 0. The molecule has 2 atom stereocenters. The van der Waals surface area contributed by atoms with Crippen molar-refractivity contribution in [1.82, 2.24) is 15.0 Å². The molecule has 3 heterocycles. The van der Waals surface area contributed by atoms with Gasteiger partial charge in [0.15, 0.2) is 17.5 Å². The molecule has 0 spiro atoms. The molecule has 12 rings (SSSR count). The summed E-state index contributed by atoms with van der Waals surface area (Å²) in [6.07, 6.45) is 6.48. The first-order valence-corrected chi connectivity index (χ1v) is 19.7. The lowest BCUT2D eigenvalue weighted by atomic mass is 9.79. The molecule has 2 aliphatic rings. The Morgan fingerprint density at radius 3 is 1.95 bits per heavy atom. The van der Waals surface area contributed by atoms with Crippen molar-refractivity contribution in [2.75, 3.05) is 0 Å². The van der Waals surface area contributed by atoms with Crippen LogP contribution in [0.1, 0.15) is 17.0 Å². The van der Waals surface area contributed by atoms with Crippen molar-refractivity contribution in [3.8, 4) is 51.0 Å². The molecule has 272 valence electrons. The minimum absolute atomic E-state index is 0.0660. The largest absolute Gasteiger partial charge is 0.485 e. The molecule has 1 aliphatic heterocycles. The normalized spacial score (nSPS) is 15.8. The molecule has 2 aromatic heterocycles. The zero-order valence-corrected chi connectivity index (χ0v) is 31.2. The van der Waals surface area contributed by atoms with Crippen LogP contribution in [0, 0.1) is 0 Å². The third kappa shape index (κ3) is 5.28. The van der Waals surface area contributed by atoms with Gasteiger partial charge < -0.3 is 9.15 Å². The zero-order valence-electron chi connectivity index (χ0n) is 31.2. The second kappa shape index (κ2) is 13.0. The summed E-state index contributed by atoms with van der Waals surface area (Å²) in [5.74, 6) is 2.85. The Bertz CT molecular complexity index is 3340. The molecule has 0 bridgehead atoms. The maximum Gasteiger partial charge on any atom is 0.164 e. The van der Waals surface area contributed by atoms with E-state index in [1.807, 2.05) is 36.4 Å². The van der Waals surface area contributed by atoms with E-state index >= 15 is 0 Å². The maximum atomic E-state index is 6.65. The predicted octanol–water partition coefficient (Wildman–Crippen LogP) is 13.2. The molecule has 8 aromatic carbocycles. The molecule has 58 heavy (non-hydrogen) atoms. The van der Waals surface area contributed by atoms with Crippen molar-refractivity contribution >= 4 is 49.1 Å². The molecule has 0 saturated carbocycles. The molecule has 0 amide bonds. The molecule has 0 N–H and O–H groups in total. The molecular weight excluding hydrogens is 711 g/mol. The van der Waals surface area contributed by atoms with Crippen molar-refractivity contribution < 1.29 is 9.15 Å². The third-order valence-corrected chi connectivity index (χ3v) is 11.7. The fraction of sp³-hybridized carbons (Fsp3) is 0.0377. The summed E-state index contributed by atoms with van der Waals surface area (Å²) in [4.78, 5) is 15.6. The number of para-hydroxylation sites is 1. The Morgan fingerprint density at radius 1 is 0.431 bits per heavy atom. The summed E-state index contributed by atoms with van der Waals surface area (Å²) in [5, 5.41) is 6.59. The van der Waals surface area contributed by atoms with E-state index in [1.165, 1.54) is 27.6 Å². The van der Waals surface area contributed by atoms with E-state index in [0.717, 1.165) is 66.1 Å². The minimum atomic E-state index is -0.0836. The summed E-state index contributed by atoms with van der Waals surface area (Å²) < 4.78 is 12.8. The van der Waals surface area contributed by atoms with Gasteiger partial charge in [0.1, 0.15) is 23.0 Å². The van der Waals surface area contributed by atoms with Crippen LogP contribution in [0.4, 0.5) is 0 Å². The Morgan fingerprint density at radius 2 is 1.09 bits per heavy atom. The highest BCUT2D eigenvalue weighted by molar-refractivity contribution is 6.06. The smallest absolute Gasteiger partial charge is 0.164 e. The fourth-order valence-corrected chi connectivity index (χ4v) is 8.91. The zero-order chi connectivity index (χ0) is 38.2. The Kier molecular flexibility index (Phi) is 7.29. The second-order valence-electron chi connectivity index (χ2n) is 15.1. The summed E-state index contributed by atoms with van der Waals surface area (Å²) in [6, 6.07) is 59.2. The summed E-state index contributed by atoms with van der Waals surface area (Å²) in [5.41, 5.74) is 10.4. The van der Waals surface area contributed by atoms with Gasteiger partial charge >= 0.3 is 0 Å². The van der Waals surface area contributed by atoms with Crippen LogP contribution in [0.15, 0.2) is 193 Å². The minimum Gasteiger partial charge on any atom is -0.485 e. The van der Waals surface area contributed by atoms with Gasteiger partial charge in [0.2, 0.25) is 0 Å². The van der Waals surface area contributed by atoms with Crippen LogP contribution in [-0.4, -0.2) is 21.1 Å². The number of ether oxygens (including phenoxy) is 1. The fourth-order valence-electron chi connectivity index (χ4n) is 8.91. The number of allylic oxidation sites excluding steroid dienone is 2. The number of nitrogens with zero attached hydrogens (tertiary/aromatic N) is 3. The van der Waals surface area contributed by atoms with E-state index < -0.39 is 0 Å². The van der Waals surface area contributed by atoms with Gasteiger partial charge in [0, 0.05) is 33.0 Å². The van der Waals surface area contributed by atoms with Gasteiger partial charge in [0.05, 0.1) is 5.92 Å². The van der Waals surface area contributed by atoms with Gasteiger partial charge in [-0.2, -0.15) is 0 Å². The molecule has 0 saturated heterocycles. The Hall–Kier alpha value is -7.63. The second-order valence-corrected chi connectivity index (χ2v) is 15.1. The van der Waals surface area contributed by atoms with Gasteiger partial charge in [-0.05, 0) is 92.3 Å². The first-order valence-electron chi connectivity index (χ1n) is 19.7. The lowest BCUT2D eigenvalue weighted by Crippen LogP contribution is -2.19. The standard InChI is InChI=1S/C53H33N3O2/c1-2-11-32(12-3-1)35-23-25-44-49(31-35)58-48-20-10-18-42(50(44)48)40-26-27-43(39-16-7-6-15-38(39)40)53-55-51(36-22-21-33-13-4-5-14-34(33)29-36)54-52(56-53)37-24-28-47-45(30-37)41-17-8-9-19-46(41)57-47/h1-31,48,50H. The number of furan rings is 1. The number of benzene rings is 8. The van der Waals surface area contributed by atoms with Crippen LogP contribution in [0.5, 0.6) is 5.75 Å². The summed E-state index contributed by atoms with van der Waals surface area (Å²) in [6.45, 7) is 0. The Labute approximate surface area is 334 Å². The third-order valence-electron chi connectivity index (χ3n) is 11.7. The van der Waals surface area contributed by atoms with Crippen LogP contribution in [0.2, 0.25) is 0 Å². The van der Waals surface area contributed by atoms with Crippen LogP contribution < -0.4 is 4.74 Å². The van der Waals surface area contributed by atoms with Crippen molar-refractivity contribution in [1.29, 1.82) is 0 Å². The number of aromatic nitrogens is 3. The highest BCUT2D eigenvalue weighted by Gasteiger charge is 2.38. The lowest BCUT2D eigenvalue weighted by Gasteiger charge is -2.24. The van der Waals surface area contributed by atoms with Crippen LogP contribution in [0.3, 0.4) is 0 Å². The van der Waals surface area contributed by atoms with Gasteiger partial charge in [-0.3, -0.25) is 0 Å². The molecule has 0 fully saturated rings. The molecule has 5 heteroatoms. The van der Waals surface area contributed by atoms with Crippen molar-refractivity contribution in [2.45, 2.75) is 12.0 Å². The van der Waals surface area contributed by atoms with Crippen LogP contribution in [-0.2, 0) is 0 Å². The average molecular weight is 744 g/mol. The highest BCUT2D eigenvalue weighted by atomic mass is 16.5. The number of fused-ring (bicyclic) bond motifs is 8. The average Bonchev–Trinajstić information content (AvgIpc) is 3.86. The molecule has 0 radical (unpaired) electrons. The van der Waals surface area contributed by atoms with Crippen molar-refractivity contribution in [3.63, 3.8) is 0 Å². The van der Waals surface area contributed by atoms with Crippen LogP contribution in [0.25, 0.3) is 94.3 Å². The lowest BCUT2D eigenvalue weighted by molar-refractivity contribution is 0.272. The SMILES string of the molecule is C1=CC2Oc3cc(-c4ccccc4)ccc3C2C(c2ccc(-c3nc(-c4ccc5ccccc5c4)nc(-c4ccc5oc6ccccc6c5c4)n3)c3ccccc23)=C1. The number of rotatable bonds is 5. The van der Waals surface area contributed by atoms with Crippen molar-refractivity contribution in [3.05, 3.63) is 199 Å². The van der Waals surface area contributed by atoms with Gasteiger partial charge in [-0.1, -0.05) is 140 Å². The van der Waals surface area contributed by atoms with E-state index in [0.29, 0.717) is 17.5 Å². The van der Waals surface area contributed by atoms with Gasteiger partial charge in [0.25, 0.3) is 0 Å². The molecule has 10 aromatic rings. The first kappa shape index (κ1) is 32.6. The van der Waals surface area contributed by atoms with E-state index in [9.17, 15) is 0 Å². The topological polar surface area (TPSA) is 61.0 Å². The first-order chi connectivity index (χ1) is 28.7. The molecule has 5 nitrogen and oxygen atoms in total. The van der Waals surface area contributed by atoms with E-state index in [-0.39, 0.29) is 12.0 Å².